The summed E-state index contributed by atoms with van der Waals surface area (Å²) in [4.78, 5) is 23.0. The van der Waals surface area contributed by atoms with Crippen LogP contribution in [0.1, 0.15) is 62.6 Å². The lowest BCUT2D eigenvalue weighted by Crippen LogP contribution is -2.41. The molecule has 1 aromatic heterocycles. The molecule has 34 heavy (non-hydrogen) atoms. The first-order chi connectivity index (χ1) is 16.3. The van der Waals surface area contributed by atoms with Crippen LogP contribution in [-0.2, 0) is 9.47 Å². The number of aromatic nitrogens is 2. The zero-order chi connectivity index (χ0) is 24.1. The Hall–Kier alpha value is -3.22. The smallest absolute Gasteiger partial charge is 0.410 e. The number of nitriles is 1. The van der Waals surface area contributed by atoms with E-state index in [9.17, 15) is 10.1 Å². The summed E-state index contributed by atoms with van der Waals surface area (Å²) in [7, 11) is 0. The van der Waals surface area contributed by atoms with Crippen LogP contribution < -0.4 is 10.6 Å². The zero-order valence-corrected chi connectivity index (χ0v) is 20.0. The highest BCUT2D eigenvalue weighted by Gasteiger charge is 2.27. The number of anilines is 2. The zero-order valence-electron chi connectivity index (χ0n) is 20.0. The molecule has 0 spiro atoms. The number of hydrogen-bond acceptors (Lipinski definition) is 8. The van der Waals surface area contributed by atoms with Gasteiger partial charge in [0.15, 0.2) is 11.5 Å². The molecule has 2 aliphatic heterocycles. The van der Waals surface area contributed by atoms with Gasteiger partial charge < -0.3 is 25.0 Å². The van der Waals surface area contributed by atoms with Gasteiger partial charge >= 0.3 is 6.09 Å². The number of benzene rings is 1. The molecule has 0 radical (unpaired) electrons. The van der Waals surface area contributed by atoms with E-state index in [0.29, 0.717) is 43.7 Å². The predicted octanol–water partition coefficient (Wildman–Crippen LogP) is 3.87. The average molecular weight is 465 g/mol. The van der Waals surface area contributed by atoms with Gasteiger partial charge in [-0.1, -0.05) is 12.1 Å². The molecule has 1 atom stereocenters. The van der Waals surface area contributed by atoms with Crippen molar-refractivity contribution in [1.82, 2.24) is 20.2 Å². The van der Waals surface area contributed by atoms with E-state index in [2.05, 4.69) is 38.8 Å². The third-order valence-corrected chi connectivity index (χ3v) is 5.95. The minimum atomic E-state index is -0.478. The normalized spacial score (nSPS) is 19.4. The number of carbonyl (C=O) groups excluding carboxylic acids is 1. The Morgan fingerprint density at radius 2 is 2.00 bits per heavy atom. The predicted molar refractivity (Wildman–Crippen MR) is 128 cm³/mol. The first kappa shape index (κ1) is 23.9. The van der Waals surface area contributed by atoms with Crippen LogP contribution in [0, 0.1) is 11.3 Å². The highest BCUT2D eigenvalue weighted by molar-refractivity contribution is 5.68. The fourth-order valence-electron chi connectivity index (χ4n) is 4.18. The molecule has 1 unspecified atom stereocenters. The molecule has 9 nitrogen and oxygen atoms in total. The molecule has 180 valence electrons. The molecule has 2 fully saturated rings. The van der Waals surface area contributed by atoms with Crippen LogP contribution in [0.25, 0.3) is 0 Å². The van der Waals surface area contributed by atoms with E-state index in [1.165, 1.54) is 5.56 Å². The molecule has 3 heterocycles. The summed E-state index contributed by atoms with van der Waals surface area (Å²) in [5, 5.41) is 16.0. The highest BCUT2D eigenvalue weighted by atomic mass is 16.6. The summed E-state index contributed by atoms with van der Waals surface area (Å²) in [5.74, 6) is 0.819. The van der Waals surface area contributed by atoms with Crippen molar-refractivity contribution in [3.63, 3.8) is 0 Å². The van der Waals surface area contributed by atoms with Crippen LogP contribution in [0.4, 0.5) is 16.3 Å². The van der Waals surface area contributed by atoms with E-state index in [1.54, 1.807) is 11.1 Å². The minimum absolute atomic E-state index is 0.191. The van der Waals surface area contributed by atoms with Crippen molar-refractivity contribution in [1.29, 1.82) is 5.26 Å². The number of rotatable bonds is 4. The van der Waals surface area contributed by atoms with Crippen molar-refractivity contribution >= 4 is 17.6 Å². The Bertz CT molecular complexity index is 1030. The molecule has 0 saturated carbocycles. The van der Waals surface area contributed by atoms with Crippen molar-refractivity contribution in [3.05, 3.63) is 47.4 Å². The molecule has 9 heteroatoms. The maximum Gasteiger partial charge on any atom is 0.410 e. The number of hydrogen-bond donors (Lipinski definition) is 2. The van der Waals surface area contributed by atoms with Gasteiger partial charge in [0.25, 0.3) is 0 Å². The lowest BCUT2D eigenvalue weighted by atomic mass is 9.89. The van der Waals surface area contributed by atoms with Gasteiger partial charge in [-0.3, -0.25) is 0 Å². The number of carbonyl (C=O) groups is 1. The molecule has 0 aliphatic carbocycles. The molecule has 1 amide bonds. The Labute approximate surface area is 200 Å². The minimum Gasteiger partial charge on any atom is -0.444 e. The van der Waals surface area contributed by atoms with Crippen LogP contribution in [-0.4, -0.2) is 59.3 Å². The Kier molecular flexibility index (Phi) is 7.29. The number of morpholine rings is 1. The van der Waals surface area contributed by atoms with Crippen molar-refractivity contribution in [2.75, 3.05) is 38.1 Å². The summed E-state index contributed by atoms with van der Waals surface area (Å²) in [6.45, 7) is 9.11. The molecule has 1 aromatic carbocycles. The third kappa shape index (κ3) is 6.01. The van der Waals surface area contributed by atoms with Crippen LogP contribution in [0.3, 0.4) is 0 Å². The first-order valence-electron chi connectivity index (χ1n) is 11.8. The van der Waals surface area contributed by atoms with E-state index >= 15 is 0 Å². The van der Waals surface area contributed by atoms with Gasteiger partial charge in [0.2, 0.25) is 0 Å². The monoisotopic (exact) mass is 464 g/mol. The fourth-order valence-corrected chi connectivity index (χ4v) is 4.18. The second-order valence-electron chi connectivity index (χ2n) is 9.66. The first-order valence-corrected chi connectivity index (χ1v) is 11.8. The van der Waals surface area contributed by atoms with E-state index in [-0.39, 0.29) is 17.9 Å². The number of ether oxygens (including phenoxy) is 2. The lowest BCUT2D eigenvalue weighted by Gasteiger charge is -2.33. The fraction of sp³-hybridized carbons (Fsp3) is 0.520. The molecular weight excluding hydrogens is 432 g/mol. The topological polar surface area (TPSA) is 112 Å². The van der Waals surface area contributed by atoms with Crippen LogP contribution in [0.5, 0.6) is 0 Å². The largest absolute Gasteiger partial charge is 0.444 e. The molecule has 2 aromatic rings. The van der Waals surface area contributed by atoms with E-state index in [4.69, 9.17) is 9.47 Å². The van der Waals surface area contributed by atoms with Crippen LogP contribution in [0.15, 0.2) is 30.5 Å². The maximum atomic E-state index is 12.3. The van der Waals surface area contributed by atoms with E-state index in [1.807, 2.05) is 32.9 Å². The standard InChI is InChI=1S/C25H32N6O3/c1-25(2,3)34-24(32)31-11-8-18(9-12-31)17-4-6-19(7-5-17)29-23-20(14-26)30-21(15-28-23)22-16-27-10-13-33-22/h4-7,15,18,22,27H,8-13,16H2,1-3H3,(H,28,29). The Morgan fingerprint density at radius 1 is 1.26 bits per heavy atom. The Balaban J connectivity index is 1.35. The molecule has 4 rings (SSSR count). The SMILES string of the molecule is CC(C)(C)OC(=O)N1CCC(c2ccc(Nc3ncc(C4CNCCO4)nc3C#N)cc2)CC1. The second kappa shape index (κ2) is 10.4. The number of piperidine rings is 1. The van der Waals surface area contributed by atoms with Crippen molar-refractivity contribution < 1.29 is 14.3 Å². The van der Waals surface area contributed by atoms with Crippen LogP contribution >= 0.6 is 0 Å². The molecule has 2 aliphatic rings. The van der Waals surface area contributed by atoms with Gasteiger partial charge in [0, 0.05) is 31.9 Å². The van der Waals surface area contributed by atoms with Gasteiger partial charge in [-0.2, -0.15) is 5.26 Å². The van der Waals surface area contributed by atoms with Crippen LogP contribution in [0.2, 0.25) is 0 Å². The van der Waals surface area contributed by atoms with Gasteiger partial charge in [0.05, 0.1) is 18.5 Å². The number of amides is 1. The number of likely N-dealkylation sites (tertiary alicyclic amines) is 1. The molecule has 2 N–H and O–H groups in total. The lowest BCUT2D eigenvalue weighted by molar-refractivity contribution is 0.0204. The van der Waals surface area contributed by atoms with Crippen molar-refractivity contribution in [3.8, 4) is 6.07 Å². The van der Waals surface area contributed by atoms with E-state index in [0.717, 1.165) is 25.1 Å². The highest BCUT2D eigenvalue weighted by Crippen LogP contribution is 2.30. The molecule has 0 bridgehead atoms. The summed E-state index contributed by atoms with van der Waals surface area (Å²) in [6.07, 6.45) is 3.03. The summed E-state index contributed by atoms with van der Waals surface area (Å²) < 4.78 is 11.2. The third-order valence-electron chi connectivity index (χ3n) is 5.95. The number of nitrogens with zero attached hydrogens (tertiary/aromatic N) is 4. The Morgan fingerprint density at radius 3 is 2.62 bits per heavy atom. The van der Waals surface area contributed by atoms with Gasteiger partial charge in [-0.05, 0) is 57.2 Å². The van der Waals surface area contributed by atoms with Gasteiger partial charge in [-0.15, -0.1) is 0 Å². The summed E-state index contributed by atoms with van der Waals surface area (Å²) in [5.41, 5.74) is 2.49. The molecule has 2 saturated heterocycles. The molecular formula is C25H32N6O3. The van der Waals surface area contributed by atoms with Gasteiger partial charge in [0.1, 0.15) is 17.8 Å². The summed E-state index contributed by atoms with van der Waals surface area (Å²) >= 11 is 0. The van der Waals surface area contributed by atoms with E-state index < -0.39 is 5.60 Å². The quantitative estimate of drug-likeness (QED) is 0.701. The maximum absolute atomic E-state index is 12.3. The summed E-state index contributed by atoms with van der Waals surface area (Å²) in [6, 6.07) is 10.3. The van der Waals surface area contributed by atoms with Gasteiger partial charge in [-0.25, -0.2) is 14.8 Å². The average Bonchev–Trinajstić information content (AvgIpc) is 2.84. The second-order valence-corrected chi connectivity index (χ2v) is 9.66. The van der Waals surface area contributed by atoms with Crippen molar-refractivity contribution in [2.45, 2.75) is 51.2 Å². The van der Waals surface area contributed by atoms with Crippen molar-refractivity contribution in [2.24, 2.45) is 0 Å². The number of nitrogens with one attached hydrogen (secondary N) is 2.